The topological polar surface area (TPSA) is 39.9 Å². The van der Waals surface area contributed by atoms with Gasteiger partial charge in [0, 0.05) is 6.54 Å². The van der Waals surface area contributed by atoms with Gasteiger partial charge in [0.2, 0.25) is 0 Å². The van der Waals surface area contributed by atoms with Crippen LogP contribution in [-0.4, -0.2) is 14.8 Å². The lowest BCUT2D eigenvalue weighted by Crippen LogP contribution is -2.06. The second kappa shape index (κ2) is 6.26. The van der Waals surface area contributed by atoms with Crippen molar-refractivity contribution in [3.05, 3.63) is 39.9 Å². The first-order chi connectivity index (χ1) is 9.15. The molecule has 2 heterocycles. The average Bonchev–Trinajstić information content (AvgIpc) is 2.74. The Balaban J connectivity index is 2.14. The molecule has 0 aromatic carbocycles. The van der Waals surface area contributed by atoms with E-state index in [2.05, 4.69) is 10.1 Å². The molecule has 0 bridgehead atoms. The zero-order chi connectivity index (χ0) is 13.8. The number of aromatic nitrogens is 3. The summed E-state index contributed by atoms with van der Waals surface area (Å²) in [5.74, 6) is 0.655. The van der Waals surface area contributed by atoms with Gasteiger partial charge in [-0.25, -0.2) is 4.98 Å². The van der Waals surface area contributed by atoms with Crippen LogP contribution < -0.4 is 4.74 Å². The predicted molar refractivity (Wildman–Crippen MR) is 75.9 cm³/mol. The molecule has 0 atom stereocenters. The van der Waals surface area contributed by atoms with Crippen LogP contribution in [0.3, 0.4) is 0 Å². The summed E-state index contributed by atoms with van der Waals surface area (Å²) in [5.41, 5.74) is 1.78. The van der Waals surface area contributed by atoms with Crippen molar-refractivity contribution in [3.8, 4) is 5.75 Å². The molecular weight excluding hydrogens is 285 g/mol. The third kappa shape index (κ3) is 3.19. The Bertz CT molecular complexity index is 552. The van der Waals surface area contributed by atoms with Gasteiger partial charge in [0.15, 0.2) is 0 Å². The standard InChI is InChI=1S/C13H15Cl2N3O/c1-3-10-13(15)11(18(4-2)17-10)8-19-9-5-6-12(14)16-7-9/h5-7H,3-4,8H2,1-2H3. The lowest BCUT2D eigenvalue weighted by atomic mass is 10.3. The van der Waals surface area contributed by atoms with E-state index in [-0.39, 0.29) is 0 Å². The zero-order valence-corrected chi connectivity index (χ0v) is 12.4. The number of hydrogen-bond donors (Lipinski definition) is 0. The molecule has 6 heteroatoms. The molecule has 0 unspecified atom stereocenters. The van der Waals surface area contributed by atoms with E-state index in [1.165, 1.54) is 0 Å². The van der Waals surface area contributed by atoms with Crippen LogP contribution in [0, 0.1) is 0 Å². The molecule has 2 aromatic rings. The van der Waals surface area contributed by atoms with E-state index in [4.69, 9.17) is 27.9 Å². The summed E-state index contributed by atoms with van der Waals surface area (Å²) in [7, 11) is 0. The van der Waals surface area contributed by atoms with Crippen LogP contribution in [0.4, 0.5) is 0 Å². The molecule has 0 aliphatic carbocycles. The fourth-order valence-corrected chi connectivity index (χ4v) is 2.19. The van der Waals surface area contributed by atoms with Crippen LogP contribution in [0.1, 0.15) is 25.2 Å². The number of aryl methyl sites for hydroxylation is 2. The van der Waals surface area contributed by atoms with Gasteiger partial charge in [-0.3, -0.25) is 4.68 Å². The van der Waals surface area contributed by atoms with E-state index in [1.54, 1.807) is 18.3 Å². The van der Waals surface area contributed by atoms with E-state index >= 15 is 0 Å². The molecular formula is C13H15Cl2N3O. The summed E-state index contributed by atoms with van der Waals surface area (Å²) in [4.78, 5) is 3.96. The molecule has 0 fully saturated rings. The van der Waals surface area contributed by atoms with Gasteiger partial charge >= 0.3 is 0 Å². The number of nitrogens with zero attached hydrogens (tertiary/aromatic N) is 3. The summed E-state index contributed by atoms with van der Waals surface area (Å²) in [6.07, 6.45) is 2.39. The van der Waals surface area contributed by atoms with Crippen LogP contribution in [0.15, 0.2) is 18.3 Å². The largest absolute Gasteiger partial charge is 0.486 e. The van der Waals surface area contributed by atoms with Gasteiger partial charge in [-0.15, -0.1) is 0 Å². The van der Waals surface area contributed by atoms with Crippen LogP contribution in [-0.2, 0) is 19.6 Å². The molecule has 4 nitrogen and oxygen atoms in total. The second-order valence-electron chi connectivity index (χ2n) is 3.98. The zero-order valence-electron chi connectivity index (χ0n) is 10.9. The number of halogens is 2. The lowest BCUT2D eigenvalue weighted by Gasteiger charge is -2.08. The van der Waals surface area contributed by atoms with Crippen molar-refractivity contribution in [3.63, 3.8) is 0 Å². The Morgan fingerprint density at radius 2 is 2.05 bits per heavy atom. The van der Waals surface area contributed by atoms with Crippen molar-refractivity contribution in [1.29, 1.82) is 0 Å². The summed E-state index contributed by atoms with van der Waals surface area (Å²) < 4.78 is 7.53. The monoisotopic (exact) mass is 299 g/mol. The van der Waals surface area contributed by atoms with E-state index in [9.17, 15) is 0 Å². The highest BCUT2D eigenvalue weighted by Crippen LogP contribution is 2.23. The van der Waals surface area contributed by atoms with Crippen LogP contribution in [0.5, 0.6) is 5.75 Å². The highest BCUT2D eigenvalue weighted by molar-refractivity contribution is 6.31. The Morgan fingerprint density at radius 3 is 2.63 bits per heavy atom. The minimum Gasteiger partial charge on any atom is -0.486 e. The predicted octanol–water partition coefficient (Wildman–Crippen LogP) is 3.75. The summed E-state index contributed by atoms with van der Waals surface area (Å²) >= 11 is 12.0. The molecule has 2 aromatic heterocycles. The second-order valence-corrected chi connectivity index (χ2v) is 4.75. The molecule has 2 rings (SSSR count). The molecule has 0 saturated heterocycles. The van der Waals surface area contributed by atoms with Crippen molar-refractivity contribution in [1.82, 2.24) is 14.8 Å². The van der Waals surface area contributed by atoms with Crippen molar-refractivity contribution in [2.24, 2.45) is 0 Å². The Hall–Kier alpha value is -1.26. The fraction of sp³-hybridized carbons (Fsp3) is 0.385. The Labute approximate surface area is 122 Å². The van der Waals surface area contributed by atoms with E-state index < -0.39 is 0 Å². The van der Waals surface area contributed by atoms with Crippen LogP contribution in [0.2, 0.25) is 10.2 Å². The average molecular weight is 300 g/mol. The van der Waals surface area contributed by atoms with Crippen molar-refractivity contribution in [2.45, 2.75) is 33.4 Å². The SMILES string of the molecule is CCc1nn(CC)c(COc2ccc(Cl)nc2)c1Cl. The van der Waals surface area contributed by atoms with Gasteiger partial charge in [0.25, 0.3) is 0 Å². The molecule has 0 radical (unpaired) electrons. The quantitative estimate of drug-likeness (QED) is 0.790. The third-order valence-corrected chi connectivity index (χ3v) is 3.43. The summed E-state index contributed by atoms with van der Waals surface area (Å²) in [6, 6.07) is 3.46. The molecule has 0 spiro atoms. The highest BCUT2D eigenvalue weighted by Gasteiger charge is 2.14. The minimum absolute atomic E-state index is 0.364. The van der Waals surface area contributed by atoms with Crippen LogP contribution >= 0.6 is 23.2 Å². The smallest absolute Gasteiger partial charge is 0.138 e. The van der Waals surface area contributed by atoms with Gasteiger partial charge in [-0.2, -0.15) is 5.10 Å². The van der Waals surface area contributed by atoms with Crippen molar-refractivity contribution in [2.75, 3.05) is 0 Å². The summed E-state index contributed by atoms with van der Waals surface area (Å²) in [5, 5.41) is 5.57. The maximum atomic E-state index is 6.30. The highest BCUT2D eigenvalue weighted by atomic mass is 35.5. The molecule has 0 N–H and O–H groups in total. The minimum atomic E-state index is 0.364. The molecule has 0 saturated carbocycles. The molecule has 102 valence electrons. The van der Waals surface area contributed by atoms with Gasteiger partial charge in [-0.05, 0) is 25.5 Å². The number of pyridine rings is 1. The maximum absolute atomic E-state index is 6.30. The fourth-order valence-electron chi connectivity index (χ4n) is 1.75. The third-order valence-electron chi connectivity index (χ3n) is 2.77. The summed E-state index contributed by atoms with van der Waals surface area (Å²) in [6.45, 7) is 5.18. The lowest BCUT2D eigenvalue weighted by molar-refractivity contribution is 0.291. The van der Waals surface area contributed by atoms with Crippen LogP contribution in [0.25, 0.3) is 0 Å². The number of rotatable bonds is 5. The number of ether oxygens (including phenoxy) is 1. The molecule has 0 aliphatic rings. The first-order valence-electron chi connectivity index (χ1n) is 6.14. The van der Waals surface area contributed by atoms with Gasteiger partial charge in [0.05, 0.1) is 22.6 Å². The maximum Gasteiger partial charge on any atom is 0.138 e. The van der Waals surface area contributed by atoms with E-state index in [1.807, 2.05) is 18.5 Å². The Morgan fingerprint density at radius 1 is 1.26 bits per heavy atom. The van der Waals surface area contributed by atoms with Crippen molar-refractivity contribution < 1.29 is 4.74 Å². The van der Waals surface area contributed by atoms with Crippen molar-refractivity contribution >= 4 is 23.2 Å². The van der Waals surface area contributed by atoms with Gasteiger partial charge < -0.3 is 4.74 Å². The Kier molecular flexibility index (Phi) is 4.66. The van der Waals surface area contributed by atoms with E-state index in [0.29, 0.717) is 22.5 Å². The normalized spacial score (nSPS) is 10.7. The molecule has 0 amide bonds. The van der Waals surface area contributed by atoms with Gasteiger partial charge in [0.1, 0.15) is 17.5 Å². The molecule has 19 heavy (non-hydrogen) atoms. The first-order valence-corrected chi connectivity index (χ1v) is 6.89. The molecule has 0 aliphatic heterocycles. The number of hydrogen-bond acceptors (Lipinski definition) is 3. The van der Waals surface area contributed by atoms with Gasteiger partial charge in [-0.1, -0.05) is 30.1 Å². The first kappa shape index (κ1) is 14.2. The van der Waals surface area contributed by atoms with E-state index in [0.717, 1.165) is 24.4 Å².